The number of rotatable bonds is 4. The summed E-state index contributed by atoms with van der Waals surface area (Å²) in [6.07, 6.45) is 0. The summed E-state index contributed by atoms with van der Waals surface area (Å²) in [5.74, 6) is 0.670. The predicted molar refractivity (Wildman–Crippen MR) is 93.6 cm³/mol. The molecule has 0 bridgehead atoms. The lowest BCUT2D eigenvalue weighted by Gasteiger charge is -2.36. The molecule has 1 N–H and O–H groups in total. The fourth-order valence-electron chi connectivity index (χ4n) is 3.01. The van der Waals surface area contributed by atoms with E-state index in [4.69, 9.17) is 4.74 Å². The molecule has 1 aromatic heterocycles. The van der Waals surface area contributed by atoms with Crippen LogP contribution in [0, 0.1) is 6.92 Å². The molecule has 0 saturated carbocycles. The summed E-state index contributed by atoms with van der Waals surface area (Å²) >= 11 is 0. The fraction of sp³-hybridized carbons (Fsp3) is 0.389. The zero-order chi connectivity index (χ0) is 17.8. The van der Waals surface area contributed by atoms with E-state index in [0.29, 0.717) is 18.8 Å². The number of carbonyl (C=O) groups excluding carboxylic acids is 1. The Bertz CT molecular complexity index is 801. The lowest BCUT2D eigenvalue weighted by Crippen LogP contribution is -2.50. The van der Waals surface area contributed by atoms with Gasteiger partial charge in [-0.1, -0.05) is 12.1 Å². The van der Waals surface area contributed by atoms with Crippen LogP contribution < -0.4 is 15.6 Å². The summed E-state index contributed by atoms with van der Waals surface area (Å²) in [7, 11) is 1.62. The van der Waals surface area contributed by atoms with E-state index < -0.39 is 0 Å². The number of aryl methyl sites for hydroxylation is 1. The number of ether oxygens (including phenoxy) is 1. The van der Waals surface area contributed by atoms with Crippen molar-refractivity contribution in [3.05, 3.63) is 58.0 Å². The number of amides is 1. The monoisotopic (exact) mass is 342 g/mol. The molecule has 1 fully saturated rings. The first-order valence-electron chi connectivity index (χ1n) is 8.27. The molecule has 0 spiro atoms. The number of hydrogen-bond donors (Lipinski definition) is 1. The highest BCUT2D eigenvalue weighted by molar-refractivity contribution is 5.76. The molecule has 7 heteroatoms. The van der Waals surface area contributed by atoms with Crippen molar-refractivity contribution in [1.82, 2.24) is 20.0 Å². The summed E-state index contributed by atoms with van der Waals surface area (Å²) in [6, 6.07) is 10.7. The molecule has 1 aromatic carbocycles. The molecule has 2 aromatic rings. The molecular weight excluding hydrogens is 320 g/mol. The van der Waals surface area contributed by atoms with Crippen molar-refractivity contribution >= 4 is 5.91 Å². The molecule has 1 saturated heterocycles. The van der Waals surface area contributed by atoms with E-state index in [-0.39, 0.29) is 24.1 Å². The molecule has 132 valence electrons. The summed E-state index contributed by atoms with van der Waals surface area (Å²) in [4.78, 5) is 26.5. The normalized spacial score (nSPS) is 17.4. The van der Waals surface area contributed by atoms with Crippen LogP contribution in [0.1, 0.15) is 17.3 Å². The number of carbonyl (C=O) groups is 1. The summed E-state index contributed by atoms with van der Waals surface area (Å²) in [5.41, 5.74) is 1.47. The first-order chi connectivity index (χ1) is 12.1. The second-order valence-corrected chi connectivity index (χ2v) is 6.05. The Balaban J connectivity index is 1.81. The highest BCUT2D eigenvalue weighted by atomic mass is 16.5. The van der Waals surface area contributed by atoms with Gasteiger partial charge in [-0.05, 0) is 30.7 Å². The van der Waals surface area contributed by atoms with Gasteiger partial charge in [0.25, 0.3) is 5.56 Å². The van der Waals surface area contributed by atoms with Crippen molar-refractivity contribution in [3.8, 4) is 5.75 Å². The highest BCUT2D eigenvalue weighted by Crippen LogP contribution is 2.24. The van der Waals surface area contributed by atoms with Crippen LogP contribution in [0.2, 0.25) is 0 Å². The minimum Gasteiger partial charge on any atom is -0.497 e. The minimum absolute atomic E-state index is 0.0484. The van der Waals surface area contributed by atoms with Gasteiger partial charge in [0.2, 0.25) is 5.91 Å². The van der Waals surface area contributed by atoms with Gasteiger partial charge in [0.15, 0.2) is 0 Å². The fourth-order valence-corrected chi connectivity index (χ4v) is 3.01. The average Bonchev–Trinajstić information content (AvgIpc) is 2.65. The molecule has 1 atom stereocenters. The summed E-state index contributed by atoms with van der Waals surface area (Å²) < 4.78 is 6.42. The van der Waals surface area contributed by atoms with Crippen molar-refractivity contribution in [3.63, 3.8) is 0 Å². The molecule has 0 radical (unpaired) electrons. The van der Waals surface area contributed by atoms with Crippen LogP contribution in [-0.2, 0) is 11.3 Å². The van der Waals surface area contributed by atoms with E-state index in [2.05, 4.69) is 10.4 Å². The second kappa shape index (κ2) is 7.48. The molecule has 2 heterocycles. The first-order valence-corrected chi connectivity index (χ1v) is 8.27. The van der Waals surface area contributed by atoms with Crippen LogP contribution in [-0.4, -0.2) is 47.3 Å². The van der Waals surface area contributed by atoms with Gasteiger partial charge in [-0.15, -0.1) is 0 Å². The Morgan fingerprint density at radius 1 is 1.28 bits per heavy atom. The second-order valence-electron chi connectivity index (χ2n) is 6.05. The van der Waals surface area contributed by atoms with Crippen LogP contribution >= 0.6 is 0 Å². The standard InChI is InChI=1S/C18H22N4O3/c1-13-3-8-17(23)22(20-13)12-18(24)21-10-9-19-11-16(21)14-4-6-15(25-2)7-5-14/h3-8,16,19H,9-12H2,1-2H3/t16-/m0/s1. The maximum Gasteiger partial charge on any atom is 0.267 e. The van der Waals surface area contributed by atoms with Crippen LogP contribution in [0.4, 0.5) is 0 Å². The van der Waals surface area contributed by atoms with Gasteiger partial charge < -0.3 is 15.0 Å². The SMILES string of the molecule is COc1ccc([C@@H]2CNCCN2C(=O)Cn2nc(C)ccc2=O)cc1. The molecule has 25 heavy (non-hydrogen) atoms. The van der Waals surface area contributed by atoms with Gasteiger partial charge in [-0.2, -0.15) is 5.10 Å². The largest absolute Gasteiger partial charge is 0.497 e. The molecule has 1 amide bonds. The number of hydrogen-bond acceptors (Lipinski definition) is 5. The number of nitrogens with zero attached hydrogens (tertiary/aromatic N) is 3. The molecule has 7 nitrogen and oxygen atoms in total. The van der Waals surface area contributed by atoms with Crippen molar-refractivity contribution < 1.29 is 9.53 Å². The number of methoxy groups -OCH3 is 1. The molecule has 1 aliphatic heterocycles. The highest BCUT2D eigenvalue weighted by Gasteiger charge is 2.28. The smallest absolute Gasteiger partial charge is 0.267 e. The third-order valence-corrected chi connectivity index (χ3v) is 4.35. The molecule has 0 unspecified atom stereocenters. The number of nitrogens with one attached hydrogen (secondary N) is 1. The molecular formula is C18H22N4O3. The number of aromatic nitrogens is 2. The van der Waals surface area contributed by atoms with E-state index in [9.17, 15) is 9.59 Å². The van der Waals surface area contributed by atoms with Gasteiger partial charge in [0.05, 0.1) is 18.8 Å². The van der Waals surface area contributed by atoms with Gasteiger partial charge in [0, 0.05) is 25.7 Å². The average molecular weight is 342 g/mol. The Labute approximate surface area is 146 Å². The first kappa shape index (κ1) is 17.2. The quantitative estimate of drug-likeness (QED) is 0.887. The Morgan fingerprint density at radius 2 is 2.04 bits per heavy atom. The zero-order valence-electron chi connectivity index (χ0n) is 14.4. The zero-order valence-corrected chi connectivity index (χ0v) is 14.4. The maximum atomic E-state index is 12.8. The van der Waals surface area contributed by atoms with Crippen molar-refractivity contribution in [1.29, 1.82) is 0 Å². The van der Waals surface area contributed by atoms with Crippen LogP contribution in [0.3, 0.4) is 0 Å². The van der Waals surface area contributed by atoms with Crippen molar-refractivity contribution in [2.45, 2.75) is 19.5 Å². The lowest BCUT2D eigenvalue weighted by atomic mass is 10.0. The van der Waals surface area contributed by atoms with Gasteiger partial charge >= 0.3 is 0 Å². The van der Waals surface area contributed by atoms with E-state index in [0.717, 1.165) is 17.9 Å². The number of benzene rings is 1. The molecule has 0 aliphatic carbocycles. The maximum absolute atomic E-state index is 12.8. The third kappa shape index (κ3) is 3.88. The summed E-state index contributed by atoms with van der Waals surface area (Å²) in [6.45, 7) is 3.75. The predicted octanol–water partition coefficient (Wildman–Crippen LogP) is 0.733. The van der Waals surface area contributed by atoms with Crippen molar-refractivity contribution in [2.24, 2.45) is 0 Å². The Morgan fingerprint density at radius 3 is 2.76 bits per heavy atom. The summed E-state index contributed by atoms with van der Waals surface area (Å²) in [5, 5.41) is 7.47. The minimum atomic E-state index is -0.268. The topological polar surface area (TPSA) is 76.5 Å². The lowest BCUT2D eigenvalue weighted by molar-refractivity contribution is -0.135. The van der Waals surface area contributed by atoms with E-state index in [1.165, 1.54) is 10.7 Å². The van der Waals surface area contributed by atoms with Crippen molar-refractivity contribution in [2.75, 3.05) is 26.7 Å². The van der Waals surface area contributed by atoms with E-state index >= 15 is 0 Å². The Kier molecular flexibility index (Phi) is 5.14. The van der Waals surface area contributed by atoms with Gasteiger partial charge in [-0.3, -0.25) is 9.59 Å². The molecule has 1 aliphatic rings. The number of piperazine rings is 1. The van der Waals surface area contributed by atoms with Gasteiger partial charge in [-0.25, -0.2) is 4.68 Å². The third-order valence-electron chi connectivity index (χ3n) is 4.35. The van der Waals surface area contributed by atoms with Gasteiger partial charge in [0.1, 0.15) is 12.3 Å². The van der Waals surface area contributed by atoms with E-state index in [1.54, 1.807) is 20.1 Å². The van der Waals surface area contributed by atoms with Crippen LogP contribution in [0.25, 0.3) is 0 Å². The van der Waals surface area contributed by atoms with Crippen LogP contribution in [0.5, 0.6) is 5.75 Å². The Hall–Kier alpha value is -2.67. The van der Waals surface area contributed by atoms with E-state index in [1.807, 2.05) is 29.2 Å². The van der Waals surface area contributed by atoms with Crippen LogP contribution in [0.15, 0.2) is 41.2 Å². The molecule has 3 rings (SSSR count).